The Bertz CT molecular complexity index is 3230. The molecule has 9 aromatic carbocycles. The number of thiophene rings is 1. The van der Waals surface area contributed by atoms with Gasteiger partial charge in [0.2, 0.25) is 0 Å². The molecule has 57 heavy (non-hydrogen) atoms. The first-order chi connectivity index (χ1) is 28.2. The molecule has 0 bridgehead atoms. The van der Waals surface area contributed by atoms with Gasteiger partial charge < -0.3 is 9.32 Å². The van der Waals surface area contributed by atoms with Crippen LogP contribution in [-0.2, 0) is 0 Å². The van der Waals surface area contributed by atoms with Crippen molar-refractivity contribution in [1.29, 1.82) is 0 Å². The van der Waals surface area contributed by atoms with Gasteiger partial charge in [0.25, 0.3) is 0 Å². The minimum absolute atomic E-state index is 0.857. The summed E-state index contributed by atoms with van der Waals surface area (Å²) >= 11 is 1.85. The van der Waals surface area contributed by atoms with Gasteiger partial charge in [-0.3, -0.25) is 0 Å². The lowest BCUT2D eigenvalue weighted by Crippen LogP contribution is -2.10. The molecule has 11 aromatic rings. The molecule has 0 saturated heterocycles. The average molecular weight is 746 g/mol. The van der Waals surface area contributed by atoms with Gasteiger partial charge in [-0.15, -0.1) is 11.3 Å². The molecule has 0 spiro atoms. The molecule has 0 radical (unpaired) electrons. The third-order valence-electron chi connectivity index (χ3n) is 11.1. The van der Waals surface area contributed by atoms with Crippen molar-refractivity contribution >= 4 is 70.5 Å². The molecular formula is C54H35NOS. The Morgan fingerprint density at radius 3 is 1.68 bits per heavy atom. The molecule has 11 rings (SSSR count). The summed E-state index contributed by atoms with van der Waals surface area (Å²) in [6.45, 7) is 0. The minimum atomic E-state index is 0.857. The van der Waals surface area contributed by atoms with Crippen molar-refractivity contribution < 1.29 is 4.42 Å². The minimum Gasteiger partial charge on any atom is -0.454 e. The van der Waals surface area contributed by atoms with Crippen LogP contribution in [0.5, 0.6) is 0 Å². The van der Waals surface area contributed by atoms with E-state index in [2.05, 4.69) is 211 Å². The largest absolute Gasteiger partial charge is 0.454 e. The van der Waals surface area contributed by atoms with Crippen molar-refractivity contribution in [3.63, 3.8) is 0 Å². The average Bonchev–Trinajstić information content (AvgIpc) is 3.86. The van der Waals surface area contributed by atoms with Crippen LogP contribution in [0, 0.1) is 0 Å². The summed E-state index contributed by atoms with van der Waals surface area (Å²) in [6, 6.07) is 76.4. The maximum absolute atomic E-state index is 6.73. The summed E-state index contributed by atoms with van der Waals surface area (Å²) in [5.41, 5.74) is 14.2. The number of rotatable bonds is 7. The highest BCUT2D eigenvalue weighted by Gasteiger charge is 2.21. The zero-order valence-electron chi connectivity index (χ0n) is 31.0. The lowest BCUT2D eigenvalue weighted by molar-refractivity contribution is 0.669. The van der Waals surface area contributed by atoms with Gasteiger partial charge in [-0.2, -0.15) is 0 Å². The van der Waals surface area contributed by atoms with Crippen LogP contribution in [0.1, 0.15) is 0 Å². The predicted molar refractivity (Wildman–Crippen MR) is 243 cm³/mol. The molecule has 0 N–H and O–H groups in total. The first-order valence-corrected chi connectivity index (χ1v) is 20.1. The Morgan fingerprint density at radius 1 is 0.333 bits per heavy atom. The molecule has 0 aliphatic carbocycles. The summed E-state index contributed by atoms with van der Waals surface area (Å²) in [5.74, 6) is 0. The predicted octanol–water partition coefficient (Wildman–Crippen LogP) is 16.1. The third-order valence-corrected chi connectivity index (χ3v) is 12.2. The highest BCUT2D eigenvalue weighted by molar-refractivity contribution is 7.25. The fourth-order valence-electron chi connectivity index (χ4n) is 8.34. The second-order valence-corrected chi connectivity index (χ2v) is 15.6. The topological polar surface area (TPSA) is 16.4 Å². The van der Waals surface area contributed by atoms with Crippen LogP contribution in [0.3, 0.4) is 0 Å². The van der Waals surface area contributed by atoms with Crippen LogP contribution in [0.4, 0.5) is 17.1 Å². The lowest BCUT2D eigenvalue weighted by atomic mass is 9.94. The van der Waals surface area contributed by atoms with Crippen LogP contribution >= 0.6 is 11.3 Å². The van der Waals surface area contributed by atoms with Crippen molar-refractivity contribution in [2.75, 3.05) is 4.90 Å². The van der Waals surface area contributed by atoms with Crippen molar-refractivity contribution in [2.24, 2.45) is 0 Å². The molecule has 0 aliphatic rings. The van der Waals surface area contributed by atoms with Gasteiger partial charge in [0.05, 0.1) is 5.69 Å². The maximum Gasteiger partial charge on any atom is 0.159 e. The van der Waals surface area contributed by atoms with E-state index in [9.17, 15) is 0 Å². The number of hydrogen-bond donors (Lipinski definition) is 0. The molecule has 3 heteroatoms. The van der Waals surface area contributed by atoms with E-state index >= 15 is 0 Å². The molecule has 0 amide bonds. The quantitative estimate of drug-likeness (QED) is 0.162. The second-order valence-electron chi connectivity index (χ2n) is 14.5. The third kappa shape index (κ3) is 5.88. The van der Waals surface area contributed by atoms with E-state index in [-0.39, 0.29) is 0 Å². The van der Waals surface area contributed by atoms with Crippen LogP contribution in [0.15, 0.2) is 217 Å². The van der Waals surface area contributed by atoms with Crippen LogP contribution in [0.2, 0.25) is 0 Å². The van der Waals surface area contributed by atoms with E-state index in [1.807, 2.05) is 17.4 Å². The summed E-state index contributed by atoms with van der Waals surface area (Å²) in [6.07, 6.45) is 0. The van der Waals surface area contributed by atoms with Crippen molar-refractivity contribution in [3.05, 3.63) is 212 Å². The van der Waals surface area contributed by atoms with Crippen LogP contribution in [0.25, 0.3) is 86.6 Å². The highest BCUT2D eigenvalue weighted by atomic mass is 32.1. The fraction of sp³-hybridized carbons (Fsp3) is 0. The summed E-state index contributed by atoms with van der Waals surface area (Å²) in [7, 11) is 0. The van der Waals surface area contributed by atoms with Gasteiger partial charge in [-0.1, -0.05) is 152 Å². The van der Waals surface area contributed by atoms with Crippen molar-refractivity contribution in [1.82, 2.24) is 0 Å². The Hall–Kier alpha value is -7.20. The molecule has 0 aliphatic heterocycles. The van der Waals surface area contributed by atoms with Crippen molar-refractivity contribution in [2.45, 2.75) is 0 Å². The van der Waals surface area contributed by atoms with E-state index in [0.717, 1.165) is 61.3 Å². The Kier molecular flexibility index (Phi) is 8.04. The molecule has 2 nitrogen and oxygen atoms in total. The van der Waals surface area contributed by atoms with Gasteiger partial charge in [0, 0.05) is 42.3 Å². The lowest BCUT2D eigenvalue weighted by Gasteiger charge is -2.27. The monoisotopic (exact) mass is 745 g/mol. The number of hydrogen-bond acceptors (Lipinski definition) is 3. The van der Waals surface area contributed by atoms with E-state index in [1.54, 1.807) is 0 Å². The van der Waals surface area contributed by atoms with E-state index in [1.165, 1.54) is 42.4 Å². The van der Waals surface area contributed by atoms with Crippen molar-refractivity contribution in [3.8, 4) is 44.5 Å². The van der Waals surface area contributed by atoms with Gasteiger partial charge in [0.15, 0.2) is 5.58 Å². The number of nitrogens with zero attached hydrogens (tertiary/aromatic N) is 1. The van der Waals surface area contributed by atoms with Gasteiger partial charge in [-0.25, -0.2) is 0 Å². The zero-order chi connectivity index (χ0) is 37.7. The molecule has 0 atom stereocenters. The second kappa shape index (κ2) is 13.8. The van der Waals surface area contributed by atoms with Gasteiger partial charge in [0.1, 0.15) is 5.58 Å². The van der Waals surface area contributed by atoms with E-state index in [0.29, 0.717) is 0 Å². The van der Waals surface area contributed by atoms with Gasteiger partial charge >= 0.3 is 0 Å². The Balaban J connectivity index is 1.13. The van der Waals surface area contributed by atoms with Gasteiger partial charge in [-0.05, 0) is 105 Å². The summed E-state index contributed by atoms with van der Waals surface area (Å²) < 4.78 is 9.34. The molecular weight excluding hydrogens is 711 g/mol. The number of furan rings is 1. The molecule has 2 heterocycles. The normalized spacial score (nSPS) is 11.5. The first kappa shape index (κ1) is 33.2. The molecule has 0 saturated carbocycles. The SMILES string of the molecule is c1ccc(-c2cc(-c3ccc4sc5ccccc5c4c3)cc(N(c3ccc(-c4ccccc4-c4ccccc4)cc3)c3cccc4c3oc3ccccc34)c2)cc1. The highest BCUT2D eigenvalue weighted by Crippen LogP contribution is 2.46. The summed E-state index contributed by atoms with van der Waals surface area (Å²) in [4.78, 5) is 2.37. The van der Waals surface area contributed by atoms with E-state index in [4.69, 9.17) is 4.42 Å². The number of fused-ring (bicyclic) bond motifs is 6. The molecule has 0 unspecified atom stereocenters. The molecule has 268 valence electrons. The smallest absolute Gasteiger partial charge is 0.159 e. The molecule has 0 fully saturated rings. The van der Waals surface area contributed by atoms with Crippen LogP contribution in [-0.4, -0.2) is 0 Å². The Labute approximate surface area is 335 Å². The summed E-state index contributed by atoms with van der Waals surface area (Å²) in [5, 5.41) is 4.79. The van der Waals surface area contributed by atoms with Crippen LogP contribution < -0.4 is 4.90 Å². The zero-order valence-corrected chi connectivity index (χ0v) is 31.8. The van der Waals surface area contributed by atoms with E-state index < -0.39 is 0 Å². The Morgan fingerprint density at radius 2 is 0.912 bits per heavy atom. The number of para-hydroxylation sites is 2. The fourth-order valence-corrected chi connectivity index (χ4v) is 9.43. The number of benzene rings is 9. The first-order valence-electron chi connectivity index (χ1n) is 19.3. The number of anilines is 3. The molecule has 2 aromatic heterocycles. The standard InChI is InChI=1S/C54H35NOS/c1-3-14-36(15-4-1)40-32-41(39-28-31-53-49(35-39)47-21-10-12-25-52(47)57-53)34-43(33-40)55(50-23-13-22-48-46-20-9-11-24-51(46)56-54(48)50)42-29-26-38(27-30-42)45-19-8-7-18-44(45)37-16-5-2-6-17-37/h1-35H. The maximum atomic E-state index is 6.73.